The van der Waals surface area contributed by atoms with Gasteiger partial charge in [0.1, 0.15) is 0 Å². The highest BCUT2D eigenvalue weighted by molar-refractivity contribution is 5.85. The fourth-order valence-electron chi connectivity index (χ4n) is 1.22. The van der Waals surface area contributed by atoms with E-state index in [9.17, 15) is 9.18 Å². The van der Waals surface area contributed by atoms with Crippen LogP contribution in [-0.4, -0.2) is 24.5 Å². The molecular weight excluding hydrogens is 169 g/mol. The molecule has 0 aromatic rings. The van der Waals surface area contributed by atoms with Gasteiger partial charge in [0.2, 0.25) is 0 Å². The lowest BCUT2D eigenvalue weighted by Crippen LogP contribution is -2.53. The highest BCUT2D eigenvalue weighted by Gasteiger charge is 2.48. The number of carbonyl (C=O) groups excluding carboxylic acids is 1. The number of halogens is 1. The summed E-state index contributed by atoms with van der Waals surface area (Å²) in [5, 5.41) is 2.97. The molecular formula is C10H20FNO. The number of ketones is 1. The third-order valence-electron chi connectivity index (χ3n) is 3.39. The molecule has 0 bridgehead atoms. The molecule has 1 N–H and O–H groups in total. The number of nitrogens with one attached hydrogen (secondary N) is 1. The van der Waals surface area contributed by atoms with Crippen molar-refractivity contribution in [1.29, 1.82) is 0 Å². The van der Waals surface area contributed by atoms with Gasteiger partial charge in [0.25, 0.3) is 0 Å². The van der Waals surface area contributed by atoms with E-state index >= 15 is 0 Å². The molecule has 0 amide bonds. The molecule has 0 saturated carbocycles. The van der Waals surface area contributed by atoms with Crippen molar-refractivity contribution in [3.8, 4) is 0 Å². The van der Waals surface area contributed by atoms with Gasteiger partial charge in [0.15, 0.2) is 11.5 Å². The largest absolute Gasteiger partial charge is 0.317 e. The Balaban J connectivity index is 4.90. The second-order valence-corrected chi connectivity index (χ2v) is 4.29. The van der Waals surface area contributed by atoms with Crippen LogP contribution in [0.25, 0.3) is 0 Å². The molecule has 78 valence electrons. The average Bonchev–Trinajstić information content (AvgIpc) is 2.02. The van der Waals surface area contributed by atoms with Gasteiger partial charge in [0, 0.05) is 11.5 Å². The molecule has 0 aromatic carbocycles. The summed E-state index contributed by atoms with van der Waals surface area (Å²) in [6, 6.07) is -0.0496. The number of Topliss-reactive ketones (excluding diaryl/α,β-unsaturated/α-hetero) is 1. The van der Waals surface area contributed by atoms with Crippen molar-refractivity contribution in [3.63, 3.8) is 0 Å². The van der Waals surface area contributed by atoms with Crippen LogP contribution < -0.4 is 5.32 Å². The summed E-state index contributed by atoms with van der Waals surface area (Å²) < 4.78 is 14.0. The number of carbonyl (C=O) groups is 1. The third kappa shape index (κ3) is 2.08. The number of rotatable bonds is 4. The molecule has 0 rings (SSSR count). The third-order valence-corrected chi connectivity index (χ3v) is 3.39. The van der Waals surface area contributed by atoms with Crippen LogP contribution in [0.4, 0.5) is 4.39 Å². The summed E-state index contributed by atoms with van der Waals surface area (Å²) >= 11 is 0. The van der Waals surface area contributed by atoms with Gasteiger partial charge in [-0.05, 0) is 27.8 Å². The van der Waals surface area contributed by atoms with E-state index in [0.717, 1.165) is 0 Å². The Hall–Kier alpha value is -0.440. The minimum absolute atomic E-state index is 0.0496. The molecule has 0 aliphatic carbocycles. The highest BCUT2D eigenvalue weighted by Crippen LogP contribution is 2.38. The molecule has 0 saturated heterocycles. The lowest BCUT2D eigenvalue weighted by Gasteiger charge is -2.40. The van der Waals surface area contributed by atoms with Gasteiger partial charge in [-0.3, -0.25) is 4.79 Å². The predicted molar refractivity (Wildman–Crippen MR) is 52.5 cm³/mol. The Morgan fingerprint density at radius 3 is 2.00 bits per heavy atom. The molecule has 0 radical (unpaired) electrons. The van der Waals surface area contributed by atoms with E-state index < -0.39 is 16.9 Å². The minimum atomic E-state index is -1.78. The Labute approximate surface area is 79.9 Å². The summed E-state index contributed by atoms with van der Waals surface area (Å²) in [7, 11) is 1.77. The van der Waals surface area contributed by atoms with E-state index in [1.165, 1.54) is 13.8 Å². The zero-order chi connectivity index (χ0) is 10.9. The van der Waals surface area contributed by atoms with Gasteiger partial charge >= 0.3 is 0 Å². The molecule has 2 nitrogen and oxygen atoms in total. The zero-order valence-corrected chi connectivity index (χ0v) is 9.36. The minimum Gasteiger partial charge on any atom is -0.317 e. The maximum absolute atomic E-state index is 14.0. The first-order valence-corrected chi connectivity index (χ1v) is 4.55. The number of alkyl halides is 1. The van der Waals surface area contributed by atoms with Crippen LogP contribution in [0.3, 0.4) is 0 Å². The SMILES string of the molecule is CNC(C)C(C)(C)C(C)(F)C(C)=O. The van der Waals surface area contributed by atoms with Crippen LogP contribution in [0.15, 0.2) is 0 Å². The Kier molecular flexibility index (Phi) is 3.62. The maximum Gasteiger partial charge on any atom is 0.172 e. The topological polar surface area (TPSA) is 29.1 Å². The molecule has 3 heteroatoms. The van der Waals surface area contributed by atoms with Crippen molar-refractivity contribution in [1.82, 2.24) is 5.32 Å². The monoisotopic (exact) mass is 189 g/mol. The smallest absolute Gasteiger partial charge is 0.172 e. The van der Waals surface area contributed by atoms with E-state index in [-0.39, 0.29) is 6.04 Å². The van der Waals surface area contributed by atoms with Crippen LogP contribution in [0.5, 0.6) is 0 Å². The maximum atomic E-state index is 14.0. The van der Waals surface area contributed by atoms with Crippen LogP contribution in [0.1, 0.15) is 34.6 Å². The Bertz CT molecular complexity index is 199. The molecule has 0 heterocycles. The first-order valence-electron chi connectivity index (χ1n) is 4.55. The fourth-order valence-corrected chi connectivity index (χ4v) is 1.22. The van der Waals surface area contributed by atoms with Gasteiger partial charge < -0.3 is 5.32 Å². The van der Waals surface area contributed by atoms with Gasteiger partial charge in [-0.2, -0.15) is 0 Å². The van der Waals surface area contributed by atoms with Crippen molar-refractivity contribution in [2.45, 2.75) is 46.3 Å². The van der Waals surface area contributed by atoms with Crippen molar-refractivity contribution in [2.75, 3.05) is 7.05 Å². The van der Waals surface area contributed by atoms with Crippen LogP contribution >= 0.6 is 0 Å². The molecule has 0 fully saturated rings. The van der Waals surface area contributed by atoms with Crippen molar-refractivity contribution in [2.24, 2.45) is 5.41 Å². The van der Waals surface area contributed by atoms with E-state index in [1.807, 2.05) is 6.92 Å². The summed E-state index contributed by atoms with van der Waals surface area (Å²) in [5.74, 6) is -0.417. The zero-order valence-electron chi connectivity index (χ0n) is 9.36. The van der Waals surface area contributed by atoms with Crippen LogP contribution in [-0.2, 0) is 4.79 Å². The predicted octanol–water partition coefficient (Wildman–Crippen LogP) is 1.94. The lowest BCUT2D eigenvalue weighted by molar-refractivity contribution is -0.136. The second-order valence-electron chi connectivity index (χ2n) is 4.29. The number of hydrogen-bond acceptors (Lipinski definition) is 2. The van der Waals surface area contributed by atoms with Gasteiger partial charge in [0.05, 0.1) is 0 Å². The normalized spacial score (nSPS) is 19.3. The molecule has 0 aliphatic heterocycles. The average molecular weight is 189 g/mol. The lowest BCUT2D eigenvalue weighted by atomic mass is 9.70. The van der Waals surface area contributed by atoms with Crippen molar-refractivity contribution >= 4 is 5.78 Å². The van der Waals surface area contributed by atoms with E-state index in [4.69, 9.17) is 0 Å². The highest BCUT2D eigenvalue weighted by atomic mass is 19.1. The van der Waals surface area contributed by atoms with Gasteiger partial charge in [-0.25, -0.2) is 4.39 Å². The number of hydrogen-bond donors (Lipinski definition) is 1. The summed E-state index contributed by atoms with van der Waals surface area (Å²) in [6.07, 6.45) is 0. The first-order chi connectivity index (χ1) is 5.67. The van der Waals surface area contributed by atoms with Crippen molar-refractivity contribution in [3.05, 3.63) is 0 Å². The van der Waals surface area contributed by atoms with E-state index in [2.05, 4.69) is 5.32 Å². The quantitative estimate of drug-likeness (QED) is 0.732. The molecule has 2 atom stereocenters. The summed E-state index contributed by atoms with van der Waals surface area (Å²) in [4.78, 5) is 11.1. The molecule has 0 spiro atoms. The molecule has 0 aromatic heterocycles. The van der Waals surface area contributed by atoms with Crippen LogP contribution in [0, 0.1) is 5.41 Å². The molecule has 0 aliphatic rings. The van der Waals surface area contributed by atoms with E-state index in [0.29, 0.717) is 0 Å². The van der Waals surface area contributed by atoms with Crippen molar-refractivity contribution < 1.29 is 9.18 Å². The van der Waals surface area contributed by atoms with Crippen LogP contribution in [0.2, 0.25) is 0 Å². The Morgan fingerprint density at radius 1 is 1.38 bits per heavy atom. The summed E-state index contributed by atoms with van der Waals surface area (Å²) in [6.45, 7) is 8.04. The Morgan fingerprint density at radius 2 is 1.77 bits per heavy atom. The summed E-state index contributed by atoms with van der Waals surface area (Å²) in [5.41, 5.74) is -2.48. The van der Waals surface area contributed by atoms with Gasteiger partial charge in [-0.15, -0.1) is 0 Å². The fraction of sp³-hybridized carbons (Fsp3) is 0.900. The van der Waals surface area contributed by atoms with Gasteiger partial charge in [-0.1, -0.05) is 13.8 Å². The molecule has 13 heavy (non-hydrogen) atoms. The van der Waals surface area contributed by atoms with E-state index in [1.54, 1.807) is 20.9 Å². The standard InChI is InChI=1S/C10H20FNO/c1-7(12-6)9(3,4)10(5,11)8(2)13/h7,12H,1-6H3. The second kappa shape index (κ2) is 3.74. The molecule has 2 unspecified atom stereocenters. The first kappa shape index (κ1) is 12.6.